The molecule has 12 heavy (non-hydrogen) atoms. The molecular formula is C10H19O2. The van der Waals surface area contributed by atoms with Crippen molar-refractivity contribution in [2.45, 2.75) is 45.4 Å². The Morgan fingerprint density at radius 3 is 2.50 bits per heavy atom. The van der Waals surface area contributed by atoms with Crippen LogP contribution in [0.2, 0.25) is 0 Å². The maximum absolute atomic E-state index is 10.5. The van der Waals surface area contributed by atoms with Crippen molar-refractivity contribution in [3.05, 3.63) is 6.42 Å². The summed E-state index contributed by atoms with van der Waals surface area (Å²) < 4.78 is 0. The first-order valence-electron chi connectivity index (χ1n) is 4.69. The predicted octanol–water partition coefficient (Wildman–Crippen LogP) is 2.11. The zero-order valence-corrected chi connectivity index (χ0v) is 7.88. The van der Waals surface area contributed by atoms with Gasteiger partial charge in [0, 0.05) is 13.0 Å². The third-order valence-corrected chi connectivity index (χ3v) is 1.82. The first kappa shape index (κ1) is 11.6. The molecule has 0 aromatic heterocycles. The van der Waals surface area contributed by atoms with E-state index in [9.17, 15) is 4.79 Å². The summed E-state index contributed by atoms with van der Waals surface area (Å²) in [6, 6.07) is 0. The molecule has 2 nitrogen and oxygen atoms in total. The minimum Gasteiger partial charge on any atom is -0.396 e. The quantitative estimate of drug-likeness (QED) is 0.568. The fourth-order valence-corrected chi connectivity index (χ4v) is 1.11. The molecule has 0 unspecified atom stereocenters. The Morgan fingerprint density at radius 1 is 1.25 bits per heavy atom. The first-order valence-corrected chi connectivity index (χ1v) is 4.69. The van der Waals surface area contributed by atoms with Gasteiger partial charge in [-0.3, -0.25) is 0 Å². The van der Waals surface area contributed by atoms with Gasteiger partial charge < -0.3 is 9.90 Å². The number of carbonyl (C=O) groups excluding carboxylic acids is 1. The molecule has 0 aromatic carbocycles. The van der Waals surface area contributed by atoms with Crippen LogP contribution in [0.1, 0.15) is 45.4 Å². The summed E-state index contributed by atoms with van der Waals surface area (Å²) in [5, 5.41) is 8.44. The van der Waals surface area contributed by atoms with Gasteiger partial charge in [0.2, 0.25) is 0 Å². The van der Waals surface area contributed by atoms with E-state index in [2.05, 4.69) is 0 Å². The molecule has 2 heteroatoms. The zero-order chi connectivity index (χ0) is 9.23. The molecule has 0 saturated heterocycles. The summed E-state index contributed by atoms with van der Waals surface area (Å²) >= 11 is 0. The lowest BCUT2D eigenvalue weighted by atomic mass is 10.1. The van der Waals surface area contributed by atoms with Crippen molar-refractivity contribution in [3.63, 3.8) is 0 Å². The van der Waals surface area contributed by atoms with Gasteiger partial charge in [-0.2, -0.15) is 0 Å². The molecule has 0 aromatic rings. The highest BCUT2D eigenvalue weighted by atomic mass is 16.2. The number of aliphatic hydroxyl groups excluding tert-OH is 1. The van der Waals surface area contributed by atoms with Crippen molar-refractivity contribution >= 4 is 5.78 Å². The molecular weight excluding hydrogens is 152 g/mol. The Bertz CT molecular complexity index is 110. The Morgan fingerprint density at radius 2 is 1.92 bits per heavy atom. The van der Waals surface area contributed by atoms with Gasteiger partial charge in [0.15, 0.2) is 0 Å². The van der Waals surface area contributed by atoms with Crippen LogP contribution in [-0.2, 0) is 4.79 Å². The van der Waals surface area contributed by atoms with E-state index in [0.717, 1.165) is 32.1 Å². The van der Waals surface area contributed by atoms with Gasteiger partial charge in [-0.1, -0.05) is 19.3 Å². The average molecular weight is 171 g/mol. The monoisotopic (exact) mass is 171 g/mol. The molecule has 1 radical (unpaired) electrons. The summed E-state index contributed by atoms with van der Waals surface area (Å²) in [7, 11) is 0. The molecule has 0 atom stereocenters. The van der Waals surface area contributed by atoms with Crippen molar-refractivity contribution in [1.82, 2.24) is 0 Å². The fraction of sp³-hybridized carbons (Fsp3) is 0.800. The average Bonchev–Trinajstić information content (AvgIpc) is 2.02. The van der Waals surface area contributed by atoms with E-state index in [0.29, 0.717) is 0 Å². The largest absolute Gasteiger partial charge is 0.396 e. The number of ketones is 1. The van der Waals surface area contributed by atoms with Gasteiger partial charge in [0.1, 0.15) is 5.78 Å². The Labute approximate surface area is 75.0 Å². The van der Waals surface area contributed by atoms with Crippen molar-refractivity contribution in [3.8, 4) is 0 Å². The number of hydrogen-bond donors (Lipinski definition) is 1. The lowest BCUT2D eigenvalue weighted by Gasteiger charge is -1.98. The summed E-state index contributed by atoms with van der Waals surface area (Å²) in [5.74, 6) is 0.289. The molecule has 0 spiro atoms. The minimum absolute atomic E-state index is 0.188. The van der Waals surface area contributed by atoms with Crippen LogP contribution in [-0.4, -0.2) is 17.5 Å². The normalized spacial score (nSPS) is 10.2. The van der Waals surface area contributed by atoms with Gasteiger partial charge in [0.25, 0.3) is 0 Å². The Hall–Kier alpha value is -0.370. The summed E-state index contributed by atoms with van der Waals surface area (Å²) in [4.78, 5) is 10.5. The maximum atomic E-state index is 10.5. The number of aliphatic hydroxyl groups is 1. The van der Waals surface area contributed by atoms with Gasteiger partial charge in [-0.05, 0) is 26.2 Å². The molecule has 0 amide bonds. The maximum Gasteiger partial charge on any atom is 0.129 e. The van der Waals surface area contributed by atoms with Gasteiger partial charge >= 0.3 is 0 Å². The van der Waals surface area contributed by atoms with Crippen LogP contribution >= 0.6 is 0 Å². The Balaban J connectivity index is 2.86. The summed E-state index contributed by atoms with van der Waals surface area (Å²) in [6.07, 6.45) is 8.07. The SMILES string of the molecule is CC(=O)CCCCCC[CH]CO. The summed E-state index contributed by atoms with van der Waals surface area (Å²) in [5.41, 5.74) is 0. The van der Waals surface area contributed by atoms with Crippen LogP contribution in [0.4, 0.5) is 0 Å². The van der Waals surface area contributed by atoms with E-state index < -0.39 is 0 Å². The topological polar surface area (TPSA) is 37.3 Å². The lowest BCUT2D eigenvalue weighted by Crippen LogP contribution is -1.89. The second kappa shape index (κ2) is 8.72. The van der Waals surface area contributed by atoms with Crippen molar-refractivity contribution < 1.29 is 9.90 Å². The highest BCUT2D eigenvalue weighted by Gasteiger charge is 1.93. The van der Waals surface area contributed by atoms with Crippen LogP contribution in [0, 0.1) is 6.42 Å². The van der Waals surface area contributed by atoms with Crippen molar-refractivity contribution in [2.75, 3.05) is 6.61 Å². The number of unbranched alkanes of at least 4 members (excludes halogenated alkanes) is 5. The number of hydrogen-bond acceptors (Lipinski definition) is 2. The van der Waals surface area contributed by atoms with E-state index in [1.165, 1.54) is 6.42 Å². The van der Waals surface area contributed by atoms with Crippen LogP contribution in [0.15, 0.2) is 0 Å². The van der Waals surface area contributed by atoms with E-state index in [1.807, 2.05) is 6.42 Å². The van der Waals surface area contributed by atoms with Crippen LogP contribution < -0.4 is 0 Å². The zero-order valence-electron chi connectivity index (χ0n) is 7.88. The number of Topliss-reactive ketones (excluding diaryl/α,β-unsaturated/α-hetero) is 1. The molecule has 0 aliphatic carbocycles. The standard InChI is InChI=1S/C10H19O2/c1-10(12)8-6-4-2-3-5-7-9-11/h7,11H,2-6,8-9H2,1H3. The minimum atomic E-state index is 0.188. The van der Waals surface area contributed by atoms with Crippen LogP contribution in [0.3, 0.4) is 0 Å². The predicted molar refractivity (Wildman–Crippen MR) is 49.8 cm³/mol. The molecule has 0 saturated carbocycles. The van der Waals surface area contributed by atoms with Gasteiger partial charge in [-0.25, -0.2) is 0 Å². The highest BCUT2D eigenvalue weighted by Crippen LogP contribution is 2.06. The van der Waals surface area contributed by atoms with E-state index in [1.54, 1.807) is 6.92 Å². The van der Waals surface area contributed by atoms with E-state index in [4.69, 9.17) is 5.11 Å². The molecule has 0 fully saturated rings. The third-order valence-electron chi connectivity index (χ3n) is 1.82. The van der Waals surface area contributed by atoms with Crippen molar-refractivity contribution in [2.24, 2.45) is 0 Å². The fourth-order valence-electron chi connectivity index (χ4n) is 1.11. The van der Waals surface area contributed by atoms with Crippen LogP contribution in [0.25, 0.3) is 0 Å². The first-order chi connectivity index (χ1) is 5.77. The van der Waals surface area contributed by atoms with Crippen molar-refractivity contribution in [1.29, 1.82) is 0 Å². The number of carbonyl (C=O) groups is 1. The van der Waals surface area contributed by atoms with E-state index in [-0.39, 0.29) is 12.4 Å². The molecule has 0 bridgehead atoms. The Kier molecular flexibility index (Phi) is 8.46. The third kappa shape index (κ3) is 9.63. The summed E-state index contributed by atoms with van der Waals surface area (Å²) in [6.45, 7) is 1.83. The van der Waals surface area contributed by atoms with Gasteiger partial charge in [0.05, 0.1) is 0 Å². The molecule has 1 N–H and O–H groups in total. The second-order valence-electron chi connectivity index (χ2n) is 3.13. The molecule has 0 aliphatic heterocycles. The van der Waals surface area contributed by atoms with Gasteiger partial charge in [-0.15, -0.1) is 0 Å². The lowest BCUT2D eigenvalue weighted by molar-refractivity contribution is -0.117. The molecule has 0 aliphatic rings. The highest BCUT2D eigenvalue weighted by molar-refractivity contribution is 5.75. The smallest absolute Gasteiger partial charge is 0.129 e. The molecule has 0 heterocycles. The number of rotatable bonds is 8. The molecule has 0 rings (SSSR count). The van der Waals surface area contributed by atoms with E-state index >= 15 is 0 Å². The second-order valence-corrected chi connectivity index (χ2v) is 3.13. The molecule has 71 valence electrons. The van der Waals surface area contributed by atoms with Crippen LogP contribution in [0.5, 0.6) is 0 Å².